The number of hydrogen-bond acceptors (Lipinski definition) is 4. The number of rotatable bonds is 8. The molecule has 0 spiro atoms. The van der Waals surface area contributed by atoms with Crippen LogP contribution in [0.3, 0.4) is 0 Å². The first kappa shape index (κ1) is 15.7. The van der Waals surface area contributed by atoms with Crippen LogP contribution in [0.2, 0.25) is 0 Å². The number of nitrogens with one attached hydrogen (secondary N) is 1. The van der Waals surface area contributed by atoms with Crippen molar-refractivity contribution in [1.82, 2.24) is 5.32 Å². The third kappa shape index (κ3) is 5.98. The second-order valence-corrected chi connectivity index (χ2v) is 8.31. The molecule has 0 aliphatic carbocycles. The molecule has 5 heteroatoms. The predicted molar refractivity (Wildman–Crippen MR) is 79.0 cm³/mol. The fraction of sp³-hybridized carbons (Fsp3) is 0.692. The Kier molecular flexibility index (Phi) is 6.32. The summed E-state index contributed by atoms with van der Waals surface area (Å²) in [5, 5.41) is 3.50. The molecule has 0 fully saturated rings. The molecule has 18 heavy (non-hydrogen) atoms. The zero-order chi connectivity index (χ0) is 13.6. The topological polar surface area (TPSA) is 46.2 Å². The third-order valence-electron chi connectivity index (χ3n) is 2.75. The second kappa shape index (κ2) is 7.26. The number of sulfone groups is 1. The van der Waals surface area contributed by atoms with E-state index in [-0.39, 0.29) is 5.75 Å². The van der Waals surface area contributed by atoms with Gasteiger partial charge < -0.3 is 5.32 Å². The van der Waals surface area contributed by atoms with Gasteiger partial charge in [0, 0.05) is 27.8 Å². The molecule has 1 rings (SSSR count). The minimum atomic E-state index is -2.84. The average Bonchev–Trinajstić information content (AvgIpc) is 2.68. The van der Waals surface area contributed by atoms with Gasteiger partial charge in [0.15, 0.2) is 0 Å². The molecule has 0 aliphatic heterocycles. The van der Waals surface area contributed by atoms with Gasteiger partial charge in [-0.15, -0.1) is 11.3 Å². The molecule has 1 atom stereocenters. The lowest BCUT2D eigenvalue weighted by Gasteiger charge is -2.16. The van der Waals surface area contributed by atoms with Crippen molar-refractivity contribution in [1.29, 1.82) is 0 Å². The van der Waals surface area contributed by atoms with Crippen molar-refractivity contribution in [2.45, 2.75) is 39.2 Å². The molecular weight excluding hydrogens is 266 g/mol. The van der Waals surface area contributed by atoms with Crippen LogP contribution in [-0.2, 0) is 9.84 Å². The summed E-state index contributed by atoms with van der Waals surface area (Å²) in [5.41, 5.74) is 0. The second-order valence-electron chi connectivity index (χ2n) is 4.73. The minimum Gasteiger partial charge on any atom is -0.309 e. The van der Waals surface area contributed by atoms with Crippen molar-refractivity contribution in [2.24, 2.45) is 0 Å². The molecule has 0 aromatic carbocycles. The Labute approximate surface area is 115 Å². The Balaban J connectivity index is 2.56. The number of hydrogen-bond donors (Lipinski definition) is 1. The van der Waals surface area contributed by atoms with E-state index in [0.717, 1.165) is 25.8 Å². The molecule has 0 saturated heterocycles. The van der Waals surface area contributed by atoms with Gasteiger partial charge in [0.2, 0.25) is 0 Å². The molecule has 1 heterocycles. The highest BCUT2D eigenvalue weighted by Crippen LogP contribution is 2.26. The van der Waals surface area contributed by atoms with Crippen molar-refractivity contribution in [3.05, 3.63) is 21.9 Å². The van der Waals surface area contributed by atoms with Gasteiger partial charge in [-0.05, 0) is 44.9 Å². The molecule has 0 aliphatic rings. The third-order valence-corrected chi connectivity index (χ3v) is 4.90. The summed E-state index contributed by atoms with van der Waals surface area (Å²) in [6.45, 7) is 5.21. The summed E-state index contributed by atoms with van der Waals surface area (Å²) in [6, 6.07) is 4.57. The summed E-state index contributed by atoms with van der Waals surface area (Å²) < 4.78 is 22.3. The maximum atomic E-state index is 11.1. The molecule has 1 aromatic heterocycles. The van der Waals surface area contributed by atoms with Crippen LogP contribution in [0.25, 0.3) is 0 Å². The maximum Gasteiger partial charge on any atom is 0.147 e. The van der Waals surface area contributed by atoms with Crippen LogP contribution in [0.15, 0.2) is 12.1 Å². The van der Waals surface area contributed by atoms with Crippen LogP contribution in [0.5, 0.6) is 0 Å². The van der Waals surface area contributed by atoms with Crippen LogP contribution in [-0.4, -0.2) is 27.0 Å². The van der Waals surface area contributed by atoms with E-state index in [1.807, 2.05) is 0 Å². The summed E-state index contributed by atoms with van der Waals surface area (Å²) in [5.74, 6) is 0.279. The van der Waals surface area contributed by atoms with Gasteiger partial charge in [-0.2, -0.15) is 0 Å². The van der Waals surface area contributed by atoms with Gasteiger partial charge in [0.05, 0.1) is 0 Å². The highest BCUT2D eigenvalue weighted by Gasteiger charge is 2.13. The average molecular weight is 289 g/mol. The lowest BCUT2D eigenvalue weighted by Crippen LogP contribution is -2.22. The van der Waals surface area contributed by atoms with E-state index >= 15 is 0 Å². The Morgan fingerprint density at radius 3 is 2.61 bits per heavy atom. The van der Waals surface area contributed by atoms with Crippen LogP contribution >= 0.6 is 11.3 Å². The lowest BCUT2D eigenvalue weighted by molar-refractivity contribution is 0.499. The molecule has 1 N–H and O–H groups in total. The Bertz CT molecular complexity index is 451. The summed E-state index contributed by atoms with van der Waals surface area (Å²) in [7, 11) is -2.84. The first-order valence-corrected chi connectivity index (χ1v) is 9.27. The van der Waals surface area contributed by atoms with Gasteiger partial charge in [-0.3, -0.25) is 0 Å². The Hall–Kier alpha value is -0.390. The smallest absolute Gasteiger partial charge is 0.147 e. The van der Waals surface area contributed by atoms with Crippen molar-refractivity contribution < 1.29 is 8.42 Å². The minimum absolute atomic E-state index is 0.279. The zero-order valence-corrected chi connectivity index (χ0v) is 13.0. The van der Waals surface area contributed by atoms with Crippen LogP contribution in [0.1, 0.15) is 42.0 Å². The van der Waals surface area contributed by atoms with Crippen molar-refractivity contribution in [3.8, 4) is 0 Å². The van der Waals surface area contributed by atoms with Crippen LogP contribution in [0, 0.1) is 6.92 Å². The van der Waals surface area contributed by atoms with Crippen LogP contribution < -0.4 is 5.32 Å². The van der Waals surface area contributed by atoms with E-state index < -0.39 is 9.84 Å². The van der Waals surface area contributed by atoms with E-state index in [1.54, 1.807) is 11.3 Å². The molecule has 104 valence electrons. The molecular formula is C13H23NO2S2. The standard InChI is InChI=1S/C13H23NO2S2/c1-4-9-14-12(6-5-10-18(3,15)16)13-8-7-11(2)17-13/h7-8,12,14H,4-6,9-10H2,1-3H3. The summed E-state index contributed by atoms with van der Waals surface area (Å²) in [4.78, 5) is 2.62. The highest BCUT2D eigenvalue weighted by atomic mass is 32.2. The van der Waals surface area contributed by atoms with Crippen molar-refractivity contribution >= 4 is 21.2 Å². The molecule has 1 aromatic rings. The largest absolute Gasteiger partial charge is 0.309 e. The first-order chi connectivity index (χ1) is 8.42. The van der Waals surface area contributed by atoms with Crippen molar-refractivity contribution in [3.63, 3.8) is 0 Å². The molecule has 3 nitrogen and oxygen atoms in total. The van der Waals surface area contributed by atoms with E-state index in [4.69, 9.17) is 0 Å². The van der Waals surface area contributed by atoms with Gasteiger partial charge in [-0.1, -0.05) is 6.92 Å². The Morgan fingerprint density at radius 2 is 2.11 bits per heavy atom. The van der Waals surface area contributed by atoms with E-state index in [2.05, 4.69) is 31.3 Å². The molecule has 0 bridgehead atoms. The highest BCUT2D eigenvalue weighted by molar-refractivity contribution is 7.90. The van der Waals surface area contributed by atoms with Crippen molar-refractivity contribution in [2.75, 3.05) is 18.6 Å². The van der Waals surface area contributed by atoms with Crippen LogP contribution in [0.4, 0.5) is 0 Å². The quantitative estimate of drug-likeness (QED) is 0.800. The molecule has 0 radical (unpaired) electrons. The van der Waals surface area contributed by atoms with Gasteiger partial charge in [-0.25, -0.2) is 8.42 Å². The predicted octanol–water partition coefficient (Wildman–Crippen LogP) is 2.92. The molecule has 1 unspecified atom stereocenters. The van der Waals surface area contributed by atoms with Gasteiger partial charge in [0.1, 0.15) is 9.84 Å². The summed E-state index contributed by atoms with van der Waals surface area (Å²) in [6.07, 6.45) is 3.99. The lowest BCUT2D eigenvalue weighted by atomic mass is 10.1. The van der Waals surface area contributed by atoms with Gasteiger partial charge >= 0.3 is 0 Å². The van der Waals surface area contributed by atoms with Gasteiger partial charge in [0.25, 0.3) is 0 Å². The first-order valence-electron chi connectivity index (χ1n) is 6.40. The number of aryl methyl sites for hydroxylation is 1. The Morgan fingerprint density at radius 1 is 1.39 bits per heavy atom. The zero-order valence-electron chi connectivity index (χ0n) is 11.4. The molecule has 0 amide bonds. The normalized spacial score (nSPS) is 13.7. The fourth-order valence-corrected chi connectivity index (χ4v) is 3.53. The van der Waals surface area contributed by atoms with E-state index in [9.17, 15) is 8.42 Å². The molecule has 0 saturated carbocycles. The summed E-state index contributed by atoms with van der Waals surface area (Å²) >= 11 is 1.79. The fourth-order valence-electron chi connectivity index (χ4n) is 1.85. The monoisotopic (exact) mass is 289 g/mol. The maximum absolute atomic E-state index is 11.1. The van der Waals surface area contributed by atoms with E-state index in [0.29, 0.717) is 6.04 Å². The van der Waals surface area contributed by atoms with E-state index in [1.165, 1.54) is 16.0 Å². The number of thiophene rings is 1. The SMILES string of the molecule is CCCNC(CCCS(C)(=O)=O)c1ccc(C)s1.